The zero-order valence-electron chi connectivity index (χ0n) is 13.3. The summed E-state index contributed by atoms with van der Waals surface area (Å²) in [5.41, 5.74) is 3.94. The van der Waals surface area contributed by atoms with Crippen molar-refractivity contribution in [3.63, 3.8) is 0 Å². The molecular formula is C19H20O4. The first-order chi connectivity index (χ1) is 11.0. The van der Waals surface area contributed by atoms with Crippen molar-refractivity contribution >= 4 is 11.8 Å². The third-order valence-electron chi connectivity index (χ3n) is 3.75. The molecule has 4 nitrogen and oxygen atoms in total. The van der Waals surface area contributed by atoms with Crippen molar-refractivity contribution < 1.29 is 19.4 Å². The van der Waals surface area contributed by atoms with Gasteiger partial charge in [-0.1, -0.05) is 30.3 Å². The Hall–Kier alpha value is -2.62. The highest BCUT2D eigenvalue weighted by molar-refractivity contribution is 5.97. The molecule has 2 aromatic carbocycles. The number of benzene rings is 2. The zero-order chi connectivity index (χ0) is 16.8. The smallest absolute Gasteiger partial charge is 0.303 e. The summed E-state index contributed by atoms with van der Waals surface area (Å²) >= 11 is 0. The molecule has 0 aromatic heterocycles. The van der Waals surface area contributed by atoms with E-state index in [2.05, 4.69) is 0 Å². The first-order valence-corrected chi connectivity index (χ1v) is 7.50. The van der Waals surface area contributed by atoms with Crippen LogP contribution < -0.4 is 4.74 Å². The summed E-state index contributed by atoms with van der Waals surface area (Å²) in [6.45, 7) is 4.51. The predicted octanol–water partition coefficient (Wildman–Crippen LogP) is 3.93. The Balaban J connectivity index is 2.05. The second-order valence-electron chi connectivity index (χ2n) is 5.50. The summed E-state index contributed by atoms with van der Waals surface area (Å²) in [6.07, 6.45) is -0.165. The number of ether oxygens (including phenoxy) is 1. The SMILES string of the molecule is Cc1cccc(C)c1COc1cccc(C(=O)CCC(=O)O)c1. The maximum atomic E-state index is 12.0. The quantitative estimate of drug-likeness (QED) is 0.787. The summed E-state index contributed by atoms with van der Waals surface area (Å²) in [4.78, 5) is 22.5. The Morgan fingerprint density at radius 1 is 1.00 bits per heavy atom. The molecule has 120 valence electrons. The first kappa shape index (κ1) is 16.7. The van der Waals surface area contributed by atoms with Crippen LogP contribution in [0, 0.1) is 13.8 Å². The van der Waals surface area contributed by atoms with E-state index in [0.29, 0.717) is 17.9 Å². The molecule has 1 N–H and O–H groups in total. The fraction of sp³-hybridized carbons (Fsp3) is 0.263. The first-order valence-electron chi connectivity index (χ1n) is 7.50. The predicted molar refractivity (Wildman–Crippen MR) is 87.9 cm³/mol. The van der Waals surface area contributed by atoms with Crippen molar-refractivity contribution in [3.8, 4) is 5.75 Å². The number of aliphatic carboxylic acids is 1. The summed E-state index contributed by atoms with van der Waals surface area (Å²) in [5, 5.41) is 8.65. The van der Waals surface area contributed by atoms with E-state index in [9.17, 15) is 9.59 Å². The summed E-state index contributed by atoms with van der Waals surface area (Å²) in [5.74, 6) is -0.556. The van der Waals surface area contributed by atoms with E-state index in [1.165, 1.54) is 11.1 Å². The molecule has 2 rings (SSSR count). The molecule has 0 saturated heterocycles. The molecule has 0 radical (unpaired) electrons. The van der Waals surface area contributed by atoms with Gasteiger partial charge in [-0.2, -0.15) is 0 Å². The Kier molecular flexibility index (Phi) is 5.52. The fourth-order valence-corrected chi connectivity index (χ4v) is 2.36. The molecule has 2 aromatic rings. The van der Waals surface area contributed by atoms with Gasteiger partial charge in [-0.05, 0) is 42.7 Å². The summed E-state index contributed by atoms with van der Waals surface area (Å²) in [6, 6.07) is 13.0. The topological polar surface area (TPSA) is 63.6 Å². The number of carbonyl (C=O) groups excluding carboxylic acids is 1. The molecule has 4 heteroatoms. The Bertz CT molecular complexity index is 699. The van der Waals surface area contributed by atoms with E-state index >= 15 is 0 Å². The monoisotopic (exact) mass is 312 g/mol. The molecule has 23 heavy (non-hydrogen) atoms. The normalized spacial score (nSPS) is 10.3. The van der Waals surface area contributed by atoms with Crippen LogP contribution in [0.3, 0.4) is 0 Å². The van der Waals surface area contributed by atoms with Gasteiger partial charge in [0, 0.05) is 12.0 Å². The Morgan fingerprint density at radius 2 is 1.65 bits per heavy atom. The maximum absolute atomic E-state index is 12.0. The fourth-order valence-electron chi connectivity index (χ4n) is 2.36. The van der Waals surface area contributed by atoms with Gasteiger partial charge in [0.25, 0.3) is 0 Å². The number of carbonyl (C=O) groups is 2. The van der Waals surface area contributed by atoms with Gasteiger partial charge in [-0.15, -0.1) is 0 Å². The van der Waals surface area contributed by atoms with Crippen LogP contribution in [0.1, 0.15) is 39.9 Å². The van der Waals surface area contributed by atoms with Crippen molar-refractivity contribution in [1.82, 2.24) is 0 Å². The van der Waals surface area contributed by atoms with Crippen LogP contribution in [-0.4, -0.2) is 16.9 Å². The lowest BCUT2D eigenvalue weighted by Crippen LogP contribution is -2.05. The van der Waals surface area contributed by atoms with E-state index in [0.717, 1.165) is 5.56 Å². The van der Waals surface area contributed by atoms with Gasteiger partial charge >= 0.3 is 5.97 Å². The number of ketones is 1. The van der Waals surface area contributed by atoms with Gasteiger partial charge in [0.1, 0.15) is 12.4 Å². The summed E-state index contributed by atoms with van der Waals surface area (Å²) < 4.78 is 5.80. The highest BCUT2D eigenvalue weighted by Crippen LogP contribution is 2.19. The number of carboxylic acids is 1. The van der Waals surface area contributed by atoms with Gasteiger partial charge < -0.3 is 9.84 Å². The lowest BCUT2D eigenvalue weighted by molar-refractivity contribution is -0.136. The second kappa shape index (κ2) is 7.58. The maximum Gasteiger partial charge on any atom is 0.303 e. The van der Waals surface area contributed by atoms with Crippen LogP contribution in [0.15, 0.2) is 42.5 Å². The van der Waals surface area contributed by atoms with Gasteiger partial charge in [-0.3, -0.25) is 9.59 Å². The second-order valence-corrected chi connectivity index (χ2v) is 5.50. The van der Waals surface area contributed by atoms with Gasteiger partial charge in [0.05, 0.1) is 6.42 Å². The molecule has 0 heterocycles. The number of hydrogen-bond acceptors (Lipinski definition) is 3. The number of Topliss-reactive ketones (excluding diaryl/α,β-unsaturated/α-hetero) is 1. The van der Waals surface area contributed by atoms with Gasteiger partial charge in [0.2, 0.25) is 0 Å². The van der Waals surface area contributed by atoms with Crippen LogP contribution >= 0.6 is 0 Å². The molecule has 0 aliphatic heterocycles. The van der Waals surface area contributed by atoms with Gasteiger partial charge in [0.15, 0.2) is 5.78 Å². The number of carboxylic acid groups (broad SMARTS) is 1. The van der Waals surface area contributed by atoms with Crippen molar-refractivity contribution in [3.05, 3.63) is 64.7 Å². The molecule has 0 saturated carbocycles. The molecule has 0 spiro atoms. The van der Waals surface area contributed by atoms with Crippen LogP contribution in [-0.2, 0) is 11.4 Å². The average molecular weight is 312 g/mol. The van der Waals surface area contributed by atoms with E-state index < -0.39 is 5.97 Å². The number of hydrogen-bond donors (Lipinski definition) is 1. The molecule has 0 amide bonds. The zero-order valence-corrected chi connectivity index (χ0v) is 13.3. The lowest BCUT2D eigenvalue weighted by atomic mass is 10.0. The lowest BCUT2D eigenvalue weighted by Gasteiger charge is -2.12. The van der Waals surface area contributed by atoms with E-state index in [4.69, 9.17) is 9.84 Å². The molecule has 0 aliphatic carbocycles. The minimum Gasteiger partial charge on any atom is -0.489 e. The van der Waals surface area contributed by atoms with E-state index in [-0.39, 0.29) is 18.6 Å². The van der Waals surface area contributed by atoms with Crippen LogP contribution in [0.5, 0.6) is 5.75 Å². The van der Waals surface area contributed by atoms with Crippen molar-refractivity contribution in [2.75, 3.05) is 0 Å². The Morgan fingerprint density at radius 3 is 2.30 bits per heavy atom. The van der Waals surface area contributed by atoms with Crippen LogP contribution in [0.25, 0.3) is 0 Å². The Labute approximate surface area is 135 Å². The molecule has 0 aliphatic rings. The summed E-state index contributed by atoms with van der Waals surface area (Å²) in [7, 11) is 0. The van der Waals surface area contributed by atoms with Crippen molar-refractivity contribution in [1.29, 1.82) is 0 Å². The number of aryl methyl sites for hydroxylation is 2. The van der Waals surface area contributed by atoms with Crippen LogP contribution in [0.4, 0.5) is 0 Å². The third kappa shape index (κ3) is 4.68. The van der Waals surface area contributed by atoms with E-state index in [1.807, 2.05) is 32.0 Å². The number of rotatable bonds is 7. The highest BCUT2D eigenvalue weighted by Gasteiger charge is 2.10. The molecule has 0 fully saturated rings. The average Bonchev–Trinajstić information content (AvgIpc) is 2.52. The largest absolute Gasteiger partial charge is 0.489 e. The molecular weight excluding hydrogens is 292 g/mol. The molecule has 0 bridgehead atoms. The van der Waals surface area contributed by atoms with Gasteiger partial charge in [-0.25, -0.2) is 0 Å². The highest BCUT2D eigenvalue weighted by atomic mass is 16.5. The van der Waals surface area contributed by atoms with E-state index in [1.54, 1.807) is 24.3 Å². The third-order valence-corrected chi connectivity index (χ3v) is 3.75. The standard InChI is InChI=1S/C19H20O4/c1-13-5-3-6-14(2)17(13)12-23-16-8-4-7-15(11-16)18(20)9-10-19(21)22/h3-8,11H,9-10,12H2,1-2H3,(H,21,22). The molecule has 0 atom stereocenters. The molecule has 0 unspecified atom stereocenters. The van der Waals surface area contributed by atoms with Crippen LogP contribution in [0.2, 0.25) is 0 Å². The minimum absolute atomic E-state index is 0.00428. The van der Waals surface area contributed by atoms with Crippen molar-refractivity contribution in [2.45, 2.75) is 33.3 Å². The van der Waals surface area contributed by atoms with Crippen molar-refractivity contribution in [2.24, 2.45) is 0 Å². The minimum atomic E-state index is -0.971.